The van der Waals surface area contributed by atoms with Gasteiger partial charge in [0.05, 0.1) is 11.6 Å². The lowest BCUT2D eigenvalue weighted by Crippen LogP contribution is -2.51. The van der Waals surface area contributed by atoms with Crippen molar-refractivity contribution in [1.29, 1.82) is 0 Å². The zero-order chi connectivity index (χ0) is 25.5. The molecule has 0 spiro atoms. The number of rotatable bonds is 7. The highest BCUT2D eigenvalue weighted by Gasteiger charge is 2.34. The van der Waals surface area contributed by atoms with Gasteiger partial charge in [0.1, 0.15) is 17.1 Å². The van der Waals surface area contributed by atoms with Crippen molar-refractivity contribution in [2.24, 2.45) is 0 Å². The van der Waals surface area contributed by atoms with E-state index in [1.165, 1.54) is 0 Å². The monoisotopic (exact) mass is 521 g/mol. The van der Waals surface area contributed by atoms with Crippen LogP contribution in [0.2, 0.25) is 5.02 Å². The third-order valence-electron chi connectivity index (χ3n) is 7.28. The summed E-state index contributed by atoms with van der Waals surface area (Å²) < 4.78 is 22.4. The lowest BCUT2D eigenvalue weighted by atomic mass is 9.96. The third-order valence-corrected chi connectivity index (χ3v) is 7.57. The number of anilines is 1. The normalized spacial score (nSPS) is 19.2. The molecule has 9 heteroatoms. The summed E-state index contributed by atoms with van der Waals surface area (Å²) in [4.78, 5) is 11.5. The number of hydrogen-bond acceptors (Lipinski definition) is 7. The maximum Gasteiger partial charge on any atom is 0.319 e. The highest BCUT2D eigenvalue weighted by atomic mass is 35.5. The molecule has 2 atom stereocenters. The van der Waals surface area contributed by atoms with E-state index in [0.29, 0.717) is 35.5 Å². The fraction of sp³-hybridized carbons (Fsp3) is 0.357. The molecule has 1 aromatic heterocycles. The van der Waals surface area contributed by atoms with E-state index in [-0.39, 0.29) is 27.9 Å². The van der Waals surface area contributed by atoms with Crippen LogP contribution in [0.25, 0.3) is 32.8 Å². The minimum atomic E-state index is -0.555. The number of halogens is 2. The molecular weight excluding hydrogens is 493 g/mol. The highest BCUT2D eigenvalue weighted by Crippen LogP contribution is 2.42. The van der Waals surface area contributed by atoms with E-state index in [9.17, 15) is 5.11 Å². The zero-order valence-corrected chi connectivity index (χ0v) is 21.4. The van der Waals surface area contributed by atoms with E-state index in [4.69, 9.17) is 21.3 Å². The van der Waals surface area contributed by atoms with Crippen molar-refractivity contribution in [2.45, 2.75) is 31.3 Å². The minimum Gasteiger partial charge on any atom is -0.508 e. The van der Waals surface area contributed by atoms with Crippen LogP contribution in [-0.2, 0) is 0 Å². The number of hydrogen-bond donors (Lipinski definition) is 3. The summed E-state index contributed by atoms with van der Waals surface area (Å²) in [6.07, 6.45) is 3.00. The predicted octanol–water partition coefficient (Wildman–Crippen LogP) is 4.88. The molecule has 0 radical (unpaired) electrons. The molecule has 2 bridgehead atoms. The van der Waals surface area contributed by atoms with Crippen molar-refractivity contribution in [3.63, 3.8) is 0 Å². The largest absolute Gasteiger partial charge is 0.508 e. The number of aromatic nitrogens is 2. The van der Waals surface area contributed by atoms with E-state index >= 15 is 4.39 Å². The Bertz CT molecular complexity index is 1470. The average molecular weight is 522 g/mol. The first kappa shape index (κ1) is 24.2. The summed E-state index contributed by atoms with van der Waals surface area (Å²) in [7, 11) is 1.88. The van der Waals surface area contributed by atoms with Crippen LogP contribution in [0, 0.1) is 5.82 Å². The van der Waals surface area contributed by atoms with Crippen LogP contribution in [0.15, 0.2) is 42.5 Å². The van der Waals surface area contributed by atoms with Crippen LogP contribution in [0.3, 0.4) is 0 Å². The van der Waals surface area contributed by atoms with Gasteiger partial charge in [-0.1, -0.05) is 35.9 Å². The Balaban J connectivity index is 1.53. The molecule has 4 aromatic rings. The van der Waals surface area contributed by atoms with E-state index in [1.807, 2.05) is 31.3 Å². The summed E-state index contributed by atoms with van der Waals surface area (Å²) in [6.45, 7) is 2.76. The Morgan fingerprint density at radius 2 is 1.92 bits per heavy atom. The second kappa shape index (κ2) is 9.93. The van der Waals surface area contributed by atoms with Gasteiger partial charge in [-0.2, -0.15) is 9.97 Å². The summed E-state index contributed by atoms with van der Waals surface area (Å²) >= 11 is 6.79. The van der Waals surface area contributed by atoms with Gasteiger partial charge in [-0.25, -0.2) is 4.39 Å². The van der Waals surface area contributed by atoms with Gasteiger partial charge >= 0.3 is 6.01 Å². The number of piperazine rings is 1. The number of ether oxygens (including phenoxy) is 1. The number of nitrogens with zero attached hydrogens (tertiary/aromatic N) is 3. The minimum absolute atomic E-state index is 0.0393. The third kappa shape index (κ3) is 4.54. The Hall–Kier alpha value is -3.20. The lowest BCUT2D eigenvalue weighted by Gasteiger charge is -2.34. The summed E-state index contributed by atoms with van der Waals surface area (Å²) in [5.74, 6) is 0.123. The Labute approximate surface area is 219 Å². The van der Waals surface area contributed by atoms with E-state index in [2.05, 4.69) is 20.5 Å². The summed E-state index contributed by atoms with van der Waals surface area (Å²) in [5, 5.41) is 19.5. The molecule has 6 rings (SSSR count). The second-order valence-corrected chi connectivity index (χ2v) is 10.2. The topological polar surface area (TPSA) is 82.5 Å². The van der Waals surface area contributed by atoms with Gasteiger partial charge in [-0.3, -0.25) is 0 Å². The van der Waals surface area contributed by atoms with Crippen molar-refractivity contribution in [3.8, 4) is 22.9 Å². The van der Waals surface area contributed by atoms with Gasteiger partial charge < -0.3 is 25.4 Å². The van der Waals surface area contributed by atoms with Crippen LogP contribution in [0.5, 0.6) is 11.8 Å². The molecule has 0 saturated carbocycles. The standard InChI is InChI=1S/C28H29ClFN5O2/c1-31-9-4-10-37-28-33-26-22(27(34-28)35-14-17-7-8-18(15-35)32-17)13-23(29)24(25(26)30)21-12-19(36)11-16-5-2-3-6-20(16)21/h2-3,5-6,11-13,17-18,31-32,36H,4,7-10,14-15H2,1H3. The second-order valence-electron chi connectivity index (χ2n) is 9.84. The molecule has 0 aliphatic carbocycles. The Morgan fingerprint density at radius 1 is 1.14 bits per heavy atom. The summed E-state index contributed by atoms with van der Waals surface area (Å²) in [5.41, 5.74) is 0.871. The van der Waals surface area contributed by atoms with Gasteiger partial charge in [-0.15, -0.1) is 0 Å². The zero-order valence-electron chi connectivity index (χ0n) is 20.6. The first-order valence-corrected chi connectivity index (χ1v) is 13.1. The molecule has 3 N–H and O–H groups in total. The molecule has 2 fully saturated rings. The molecule has 2 unspecified atom stereocenters. The molecule has 3 aromatic carbocycles. The van der Waals surface area contributed by atoms with Gasteiger partial charge in [-0.05, 0) is 67.4 Å². The molecule has 3 heterocycles. The Kier molecular flexibility index (Phi) is 6.48. The van der Waals surface area contributed by atoms with Crippen LogP contribution in [0.4, 0.5) is 10.2 Å². The maximum absolute atomic E-state index is 16.5. The average Bonchev–Trinajstić information content (AvgIpc) is 3.23. The molecule has 192 valence electrons. The van der Waals surface area contributed by atoms with Crippen LogP contribution in [-0.4, -0.2) is 60.4 Å². The quantitative estimate of drug-likeness (QED) is 0.299. The van der Waals surface area contributed by atoms with Crippen molar-refractivity contribution in [2.75, 3.05) is 38.2 Å². The molecule has 2 aliphatic heterocycles. The molecule has 0 amide bonds. The van der Waals surface area contributed by atoms with Gasteiger partial charge in [0.25, 0.3) is 0 Å². The summed E-state index contributed by atoms with van der Waals surface area (Å²) in [6, 6.07) is 13.4. The van der Waals surface area contributed by atoms with Crippen molar-refractivity contribution >= 4 is 39.1 Å². The number of phenols is 1. The number of benzene rings is 3. The number of phenolic OH excluding ortho intramolecular Hbond substituents is 1. The van der Waals surface area contributed by atoms with Crippen molar-refractivity contribution in [3.05, 3.63) is 53.3 Å². The predicted molar refractivity (Wildman–Crippen MR) is 145 cm³/mol. The smallest absolute Gasteiger partial charge is 0.319 e. The van der Waals surface area contributed by atoms with Gasteiger partial charge in [0.2, 0.25) is 0 Å². The number of nitrogens with one attached hydrogen (secondary N) is 2. The molecule has 2 saturated heterocycles. The van der Waals surface area contributed by atoms with Crippen molar-refractivity contribution < 1.29 is 14.2 Å². The van der Waals surface area contributed by atoms with Crippen molar-refractivity contribution in [1.82, 2.24) is 20.6 Å². The SMILES string of the molecule is CNCCCOc1nc(N2CC3CCC(C2)N3)c2cc(Cl)c(-c3cc(O)cc4ccccc34)c(F)c2n1. The first-order valence-electron chi connectivity index (χ1n) is 12.7. The fourth-order valence-electron chi connectivity index (χ4n) is 5.60. The number of fused-ring (bicyclic) bond motifs is 4. The molecule has 37 heavy (non-hydrogen) atoms. The van der Waals surface area contributed by atoms with E-state index in [1.54, 1.807) is 18.2 Å². The Morgan fingerprint density at radius 3 is 2.70 bits per heavy atom. The molecule has 7 nitrogen and oxygen atoms in total. The van der Waals surface area contributed by atoms with Gasteiger partial charge in [0.15, 0.2) is 5.82 Å². The highest BCUT2D eigenvalue weighted by molar-refractivity contribution is 6.35. The van der Waals surface area contributed by atoms with Gasteiger partial charge in [0, 0.05) is 36.1 Å². The van der Waals surface area contributed by atoms with Crippen LogP contribution in [0.1, 0.15) is 19.3 Å². The fourth-order valence-corrected chi connectivity index (χ4v) is 5.89. The van der Waals surface area contributed by atoms with E-state index in [0.717, 1.165) is 49.7 Å². The number of aromatic hydroxyl groups is 1. The molecular formula is C28H29ClFN5O2. The van der Waals surface area contributed by atoms with Crippen LogP contribution < -0.4 is 20.3 Å². The maximum atomic E-state index is 16.5. The first-order chi connectivity index (χ1) is 18.0. The molecule has 2 aliphatic rings. The van der Waals surface area contributed by atoms with E-state index < -0.39 is 5.82 Å². The lowest BCUT2D eigenvalue weighted by molar-refractivity contribution is 0.286. The van der Waals surface area contributed by atoms with Crippen LogP contribution >= 0.6 is 11.6 Å².